The fourth-order valence-corrected chi connectivity index (χ4v) is 3.04. The Balaban J connectivity index is 2.52. The molecule has 1 atom stereocenters. The first-order chi connectivity index (χ1) is 12.1. The highest BCUT2D eigenvalue weighted by Gasteiger charge is 2.27. The Labute approximate surface area is 157 Å². The van der Waals surface area contributed by atoms with Gasteiger partial charge in [-0.25, -0.2) is 17.9 Å². The Bertz CT molecular complexity index is 586. The van der Waals surface area contributed by atoms with E-state index in [0.717, 1.165) is 18.9 Å². The smallest absolute Gasteiger partial charge is 0.407 e. The maximum Gasteiger partial charge on any atom is 0.407 e. The van der Waals surface area contributed by atoms with Crippen LogP contribution in [0.4, 0.5) is 4.79 Å². The molecule has 1 aliphatic heterocycles. The fourth-order valence-electron chi connectivity index (χ4n) is 2.44. The zero-order chi connectivity index (χ0) is 19.8. The van der Waals surface area contributed by atoms with E-state index < -0.39 is 21.7 Å². The molecule has 9 nitrogen and oxygen atoms in total. The van der Waals surface area contributed by atoms with E-state index in [1.807, 2.05) is 27.7 Å². The number of ether oxygens (including phenoxy) is 1. The van der Waals surface area contributed by atoms with Crippen LogP contribution in [0.1, 0.15) is 41.0 Å². The molecule has 3 N–H and O–H groups in total. The number of aliphatic imine (C=N–C) groups is 1. The van der Waals surface area contributed by atoms with Crippen LogP contribution < -0.4 is 15.4 Å². The van der Waals surface area contributed by atoms with E-state index in [9.17, 15) is 13.2 Å². The lowest BCUT2D eigenvalue weighted by atomic mass is 10.2. The van der Waals surface area contributed by atoms with E-state index >= 15 is 0 Å². The van der Waals surface area contributed by atoms with Crippen molar-refractivity contribution in [2.75, 3.05) is 38.5 Å². The van der Waals surface area contributed by atoms with E-state index in [-0.39, 0.29) is 18.3 Å². The SMILES string of the molecule is CCNC(=NCCNS(=O)(=O)CC)N1CCC(NC(=O)OC(C)(C)C)C1. The van der Waals surface area contributed by atoms with Crippen LogP contribution in [0.15, 0.2) is 4.99 Å². The number of nitrogens with zero attached hydrogens (tertiary/aromatic N) is 2. The van der Waals surface area contributed by atoms with Crippen LogP contribution in [0.5, 0.6) is 0 Å². The summed E-state index contributed by atoms with van der Waals surface area (Å²) < 4.78 is 30.6. The zero-order valence-corrected chi connectivity index (χ0v) is 17.3. The molecule has 1 heterocycles. The lowest BCUT2D eigenvalue weighted by Gasteiger charge is -2.23. The maximum atomic E-state index is 11.9. The second-order valence-electron chi connectivity index (χ2n) is 7.11. The van der Waals surface area contributed by atoms with Crippen molar-refractivity contribution >= 4 is 22.1 Å². The first-order valence-electron chi connectivity index (χ1n) is 9.06. The van der Waals surface area contributed by atoms with Gasteiger partial charge in [0.1, 0.15) is 5.60 Å². The van der Waals surface area contributed by atoms with Crippen LogP contribution in [0.2, 0.25) is 0 Å². The number of hydrogen-bond donors (Lipinski definition) is 3. The Kier molecular flexibility index (Phi) is 8.61. The van der Waals surface area contributed by atoms with Gasteiger partial charge in [-0.2, -0.15) is 0 Å². The summed E-state index contributed by atoms with van der Waals surface area (Å²) in [6.07, 6.45) is 0.381. The van der Waals surface area contributed by atoms with Crippen LogP contribution in [-0.2, 0) is 14.8 Å². The third-order valence-electron chi connectivity index (χ3n) is 3.62. The van der Waals surface area contributed by atoms with E-state index in [1.54, 1.807) is 6.92 Å². The molecule has 26 heavy (non-hydrogen) atoms. The number of sulfonamides is 1. The molecule has 1 rings (SSSR count). The second-order valence-corrected chi connectivity index (χ2v) is 9.21. The van der Waals surface area contributed by atoms with Gasteiger partial charge < -0.3 is 20.3 Å². The highest BCUT2D eigenvalue weighted by molar-refractivity contribution is 7.89. The molecule has 1 saturated heterocycles. The van der Waals surface area contributed by atoms with Crippen molar-refractivity contribution in [1.29, 1.82) is 0 Å². The summed E-state index contributed by atoms with van der Waals surface area (Å²) in [4.78, 5) is 18.4. The highest BCUT2D eigenvalue weighted by atomic mass is 32.2. The van der Waals surface area contributed by atoms with E-state index in [4.69, 9.17) is 4.74 Å². The standard InChI is InChI=1S/C16H33N5O4S/c1-6-17-14(18-9-10-19-26(23,24)7-2)21-11-8-13(12-21)20-15(22)25-16(3,4)5/h13,19H,6-12H2,1-5H3,(H,17,18)(H,20,22). The van der Waals surface area contributed by atoms with Gasteiger partial charge in [-0.15, -0.1) is 0 Å². The lowest BCUT2D eigenvalue weighted by Crippen LogP contribution is -2.44. The maximum absolute atomic E-state index is 11.9. The molecule has 0 saturated carbocycles. The number of likely N-dealkylation sites (tertiary alicyclic amines) is 1. The summed E-state index contributed by atoms with van der Waals surface area (Å²) >= 11 is 0. The van der Waals surface area contributed by atoms with Gasteiger partial charge >= 0.3 is 6.09 Å². The minimum atomic E-state index is -3.20. The number of carbonyl (C=O) groups excluding carboxylic acids is 1. The summed E-state index contributed by atoms with van der Waals surface area (Å²) in [5.74, 6) is 0.776. The van der Waals surface area contributed by atoms with Gasteiger partial charge in [0.2, 0.25) is 10.0 Å². The van der Waals surface area contributed by atoms with Crippen molar-refractivity contribution in [3.05, 3.63) is 0 Å². The summed E-state index contributed by atoms with van der Waals surface area (Å²) in [7, 11) is -3.20. The highest BCUT2D eigenvalue weighted by Crippen LogP contribution is 2.12. The fraction of sp³-hybridized carbons (Fsp3) is 0.875. The molecule has 1 fully saturated rings. The minimum absolute atomic E-state index is 0.00713. The molecule has 152 valence electrons. The number of carbonyl (C=O) groups is 1. The average Bonchev–Trinajstić information content (AvgIpc) is 2.96. The van der Waals surface area contributed by atoms with Crippen LogP contribution in [0.25, 0.3) is 0 Å². The van der Waals surface area contributed by atoms with Crippen molar-refractivity contribution in [1.82, 2.24) is 20.3 Å². The van der Waals surface area contributed by atoms with Crippen molar-refractivity contribution in [3.8, 4) is 0 Å². The molecule has 0 aromatic rings. The number of guanidine groups is 1. The molecule has 0 aromatic heterocycles. The van der Waals surface area contributed by atoms with Gasteiger partial charge in [-0.1, -0.05) is 0 Å². The van der Waals surface area contributed by atoms with Gasteiger partial charge in [0.25, 0.3) is 0 Å². The second kappa shape index (κ2) is 9.96. The number of rotatable bonds is 7. The summed E-state index contributed by atoms with van der Waals surface area (Å²) in [6.45, 7) is 11.8. The summed E-state index contributed by atoms with van der Waals surface area (Å²) in [5.41, 5.74) is -0.523. The summed E-state index contributed by atoms with van der Waals surface area (Å²) in [6, 6.07) is -0.00713. The van der Waals surface area contributed by atoms with Gasteiger partial charge in [-0.05, 0) is 41.0 Å². The molecule has 0 spiro atoms. The Morgan fingerprint density at radius 2 is 2.00 bits per heavy atom. The molecule has 0 aliphatic carbocycles. The van der Waals surface area contributed by atoms with Gasteiger partial charge in [0.15, 0.2) is 5.96 Å². The molecular weight excluding hydrogens is 358 g/mol. The van der Waals surface area contributed by atoms with Crippen molar-refractivity contribution in [3.63, 3.8) is 0 Å². The molecule has 1 unspecified atom stereocenters. The molecule has 0 aromatic carbocycles. The monoisotopic (exact) mass is 391 g/mol. The molecule has 1 amide bonds. The number of nitrogens with one attached hydrogen (secondary N) is 3. The molecule has 0 radical (unpaired) electrons. The van der Waals surface area contributed by atoms with Crippen LogP contribution >= 0.6 is 0 Å². The number of hydrogen-bond acceptors (Lipinski definition) is 5. The first-order valence-corrected chi connectivity index (χ1v) is 10.7. The third-order valence-corrected chi connectivity index (χ3v) is 5.02. The van der Waals surface area contributed by atoms with Gasteiger partial charge in [0, 0.05) is 26.2 Å². The normalized spacial score (nSPS) is 18.7. The minimum Gasteiger partial charge on any atom is -0.444 e. The third kappa shape index (κ3) is 8.70. The lowest BCUT2D eigenvalue weighted by molar-refractivity contribution is 0.0507. The van der Waals surface area contributed by atoms with E-state index in [2.05, 4.69) is 25.2 Å². The van der Waals surface area contributed by atoms with Crippen molar-refractivity contribution in [2.45, 2.75) is 52.7 Å². The average molecular weight is 392 g/mol. The van der Waals surface area contributed by atoms with Crippen LogP contribution in [-0.4, -0.2) is 75.5 Å². The van der Waals surface area contributed by atoms with Gasteiger partial charge in [0.05, 0.1) is 18.3 Å². The zero-order valence-electron chi connectivity index (χ0n) is 16.5. The van der Waals surface area contributed by atoms with Crippen LogP contribution in [0, 0.1) is 0 Å². The number of alkyl carbamates (subject to hydrolysis) is 1. The molecule has 0 bridgehead atoms. The topological polar surface area (TPSA) is 112 Å². The Hall–Kier alpha value is -1.55. The van der Waals surface area contributed by atoms with E-state index in [0.29, 0.717) is 19.6 Å². The van der Waals surface area contributed by atoms with Crippen molar-refractivity contribution in [2.24, 2.45) is 4.99 Å². The quantitative estimate of drug-likeness (QED) is 0.331. The van der Waals surface area contributed by atoms with Crippen molar-refractivity contribution < 1.29 is 17.9 Å². The predicted octanol–water partition coefficient (Wildman–Crippen LogP) is 0.490. The summed E-state index contributed by atoms with van der Waals surface area (Å²) in [5, 5.41) is 6.08. The largest absolute Gasteiger partial charge is 0.444 e. The Morgan fingerprint density at radius 1 is 1.31 bits per heavy atom. The molecular formula is C16H33N5O4S. The van der Waals surface area contributed by atoms with Crippen LogP contribution in [0.3, 0.4) is 0 Å². The Morgan fingerprint density at radius 3 is 2.58 bits per heavy atom. The molecule has 1 aliphatic rings. The predicted molar refractivity (Wildman–Crippen MR) is 103 cm³/mol. The van der Waals surface area contributed by atoms with E-state index in [1.165, 1.54) is 0 Å². The number of amides is 1. The van der Waals surface area contributed by atoms with Gasteiger partial charge in [-0.3, -0.25) is 4.99 Å². The molecule has 10 heteroatoms. The first kappa shape index (κ1) is 22.5.